The second-order valence-electron chi connectivity index (χ2n) is 6.01. The van der Waals surface area contributed by atoms with Crippen molar-refractivity contribution in [3.05, 3.63) is 0 Å². The minimum Gasteiger partial charge on any atom is -0.379 e. The van der Waals surface area contributed by atoms with E-state index in [1.54, 1.807) is 0 Å². The van der Waals surface area contributed by atoms with E-state index in [1.807, 2.05) is 0 Å². The monoisotopic (exact) mass is 271 g/mol. The van der Waals surface area contributed by atoms with Crippen LogP contribution in [0.4, 0.5) is 0 Å². The van der Waals surface area contributed by atoms with Gasteiger partial charge in [0.15, 0.2) is 0 Å². The third kappa shape index (κ3) is 7.50. The molecule has 0 atom stereocenters. The summed E-state index contributed by atoms with van der Waals surface area (Å²) in [4.78, 5) is 14.1. The first-order valence-corrected chi connectivity index (χ1v) is 7.30. The van der Waals surface area contributed by atoms with Gasteiger partial charge in [0.2, 0.25) is 5.91 Å². The molecule has 0 aromatic rings. The van der Waals surface area contributed by atoms with Crippen molar-refractivity contribution in [2.24, 2.45) is 11.1 Å². The van der Waals surface area contributed by atoms with E-state index < -0.39 is 0 Å². The molecule has 1 aliphatic rings. The van der Waals surface area contributed by atoms with Crippen LogP contribution < -0.4 is 11.1 Å². The normalized spacial score (nSPS) is 17.4. The van der Waals surface area contributed by atoms with Gasteiger partial charge in [-0.05, 0) is 24.8 Å². The van der Waals surface area contributed by atoms with Gasteiger partial charge in [0.05, 0.1) is 13.2 Å². The maximum Gasteiger partial charge on any atom is 0.220 e. The van der Waals surface area contributed by atoms with E-state index in [2.05, 4.69) is 24.1 Å². The summed E-state index contributed by atoms with van der Waals surface area (Å²) in [5.41, 5.74) is 5.73. The van der Waals surface area contributed by atoms with Crippen LogP contribution in [0.25, 0.3) is 0 Å². The first-order valence-electron chi connectivity index (χ1n) is 7.30. The van der Waals surface area contributed by atoms with Crippen molar-refractivity contribution >= 4 is 5.91 Å². The number of nitrogens with zero attached hydrogens (tertiary/aromatic N) is 1. The lowest BCUT2D eigenvalue weighted by Crippen LogP contribution is -2.41. The quantitative estimate of drug-likeness (QED) is 0.678. The highest BCUT2D eigenvalue weighted by molar-refractivity contribution is 5.75. The van der Waals surface area contributed by atoms with Gasteiger partial charge < -0.3 is 15.8 Å². The molecule has 0 aromatic heterocycles. The standard InChI is InChI=1S/C14H29N3O2/c1-14(2,5-6-15)4-3-13(18)16-7-8-17-9-11-19-12-10-17/h3-12,15H2,1-2H3,(H,16,18). The summed E-state index contributed by atoms with van der Waals surface area (Å²) in [7, 11) is 0. The van der Waals surface area contributed by atoms with Crippen LogP contribution in [-0.4, -0.2) is 56.7 Å². The summed E-state index contributed by atoms with van der Waals surface area (Å²) in [5.74, 6) is 0.151. The molecule has 112 valence electrons. The number of carbonyl (C=O) groups is 1. The van der Waals surface area contributed by atoms with Crippen molar-refractivity contribution in [3.8, 4) is 0 Å². The highest BCUT2D eigenvalue weighted by Gasteiger charge is 2.18. The number of nitrogens with two attached hydrogens (primary N) is 1. The van der Waals surface area contributed by atoms with Gasteiger partial charge in [0.1, 0.15) is 0 Å². The number of rotatable bonds is 8. The van der Waals surface area contributed by atoms with Crippen LogP contribution in [0.5, 0.6) is 0 Å². The Labute approximate surface area is 116 Å². The number of ether oxygens (including phenoxy) is 1. The average Bonchev–Trinajstić information content (AvgIpc) is 2.38. The molecule has 3 N–H and O–H groups in total. The number of carbonyl (C=O) groups excluding carboxylic acids is 1. The molecule has 0 unspecified atom stereocenters. The zero-order chi connectivity index (χ0) is 14.1. The lowest BCUT2D eigenvalue weighted by atomic mass is 9.84. The highest BCUT2D eigenvalue weighted by atomic mass is 16.5. The number of morpholine rings is 1. The predicted octanol–water partition coefficient (Wildman–Crippen LogP) is 0.590. The SMILES string of the molecule is CC(C)(CCN)CCC(=O)NCCN1CCOCC1. The van der Waals surface area contributed by atoms with E-state index in [0.29, 0.717) is 13.0 Å². The smallest absolute Gasteiger partial charge is 0.220 e. The molecule has 19 heavy (non-hydrogen) atoms. The van der Waals surface area contributed by atoms with E-state index in [-0.39, 0.29) is 11.3 Å². The number of amides is 1. The lowest BCUT2D eigenvalue weighted by molar-refractivity contribution is -0.121. The Morgan fingerprint density at radius 3 is 2.63 bits per heavy atom. The number of nitrogens with one attached hydrogen (secondary N) is 1. The Hall–Kier alpha value is -0.650. The lowest BCUT2D eigenvalue weighted by Gasteiger charge is -2.26. The summed E-state index contributed by atoms with van der Waals surface area (Å²) in [5, 5.41) is 2.99. The van der Waals surface area contributed by atoms with E-state index in [1.165, 1.54) is 0 Å². The van der Waals surface area contributed by atoms with E-state index in [0.717, 1.165) is 52.2 Å². The van der Waals surface area contributed by atoms with Gasteiger partial charge in [-0.15, -0.1) is 0 Å². The summed E-state index contributed by atoms with van der Waals surface area (Å²) in [6.45, 7) is 10.2. The second-order valence-corrected chi connectivity index (χ2v) is 6.01. The van der Waals surface area contributed by atoms with Crippen molar-refractivity contribution < 1.29 is 9.53 Å². The maximum atomic E-state index is 11.8. The molecule has 0 saturated carbocycles. The van der Waals surface area contributed by atoms with Crippen LogP contribution in [-0.2, 0) is 9.53 Å². The Morgan fingerprint density at radius 1 is 1.32 bits per heavy atom. The average molecular weight is 271 g/mol. The molecule has 0 spiro atoms. The fourth-order valence-corrected chi connectivity index (χ4v) is 2.23. The van der Waals surface area contributed by atoms with E-state index >= 15 is 0 Å². The molecule has 1 heterocycles. The zero-order valence-electron chi connectivity index (χ0n) is 12.4. The molecule has 1 rings (SSSR count). The fraction of sp³-hybridized carbons (Fsp3) is 0.929. The minimum atomic E-state index is 0.151. The Balaban J connectivity index is 2.07. The molecule has 1 saturated heterocycles. The zero-order valence-corrected chi connectivity index (χ0v) is 12.4. The number of hydrogen-bond acceptors (Lipinski definition) is 4. The summed E-state index contributed by atoms with van der Waals surface area (Å²) in [6, 6.07) is 0. The Kier molecular flexibility index (Phi) is 7.34. The molecular weight excluding hydrogens is 242 g/mol. The highest BCUT2D eigenvalue weighted by Crippen LogP contribution is 2.25. The molecular formula is C14H29N3O2. The molecule has 1 amide bonds. The van der Waals surface area contributed by atoms with Crippen molar-refractivity contribution in [2.45, 2.75) is 33.1 Å². The maximum absolute atomic E-state index is 11.8. The van der Waals surface area contributed by atoms with Crippen LogP contribution in [0.3, 0.4) is 0 Å². The minimum absolute atomic E-state index is 0.151. The molecule has 5 nitrogen and oxygen atoms in total. The molecule has 5 heteroatoms. The van der Waals surface area contributed by atoms with Crippen LogP contribution in [0.15, 0.2) is 0 Å². The number of hydrogen-bond donors (Lipinski definition) is 2. The molecule has 1 fully saturated rings. The molecule has 0 radical (unpaired) electrons. The van der Waals surface area contributed by atoms with Gasteiger partial charge >= 0.3 is 0 Å². The van der Waals surface area contributed by atoms with Crippen molar-refractivity contribution in [1.29, 1.82) is 0 Å². The van der Waals surface area contributed by atoms with Crippen LogP contribution in [0.1, 0.15) is 33.1 Å². The van der Waals surface area contributed by atoms with Gasteiger partial charge in [0, 0.05) is 32.6 Å². The van der Waals surface area contributed by atoms with E-state index in [4.69, 9.17) is 10.5 Å². The van der Waals surface area contributed by atoms with Crippen molar-refractivity contribution in [3.63, 3.8) is 0 Å². The van der Waals surface area contributed by atoms with Crippen LogP contribution in [0, 0.1) is 5.41 Å². The summed E-state index contributed by atoms with van der Waals surface area (Å²) >= 11 is 0. The van der Waals surface area contributed by atoms with Gasteiger partial charge in [0.25, 0.3) is 0 Å². The predicted molar refractivity (Wildman–Crippen MR) is 77.0 cm³/mol. The fourth-order valence-electron chi connectivity index (χ4n) is 2.23. The molecule has 0 aromatic carbocycles. The molecule has 0 aliphatic carbocycles. The summed E-state index contributed by atoms with van der Waals surface area (Å²) in [6.07, 6.45) is 2.46. The topological polar surface area (TPSA) is 67.6 Å². The second kappa shape index (κ2) is 8.51. The van der Waals surface area contributed by atoms with Gasteiger partial charge in [-0.1, -0.05) is 13.8 Å². The third-order valence-corrected chi connectivity index (χ3v) is 3.70. The first-order chi connectivity index (χ1) is 9.03. The van der Waals surface area contributed by atoms with Gasteiger partial charge in [-0.3, -0.25) is 9.69 Å². The first kappa shape index (κ1) is 16.4. The van der Waals surface area contributed by atoms with Crippen LogP contribution >= 0.6 is 0 Å². The molecule has 1 aliphatic heterocycles. The van der Waals surface area contributed by atoms with Crippen molar-refractivity contribution in [2.75, 3.05) is 45.9 Å². The van der Waals surface area contributed by atoms with Crippen LogP contribution in [0.2, 0.25) is 0 Å². The van der Waals surface area contributed by atoms with Gasteiger partial charge in [-0.25, -0.2) is 0 Å². The van der Waals surface area contributed by atoms with Gasteiger partial charge in [-0.2, -0.15) is 0 Å². The largest absolute Gasteiger partial charge is 0.379 e. The van der Waals surface area contributed by atoms with Crippen molar-refractivity contribution in [1.82, 2.24) is 10.2 Å². The Bertz CT molecular complexity index is 263. The van der Waals surface area contributed by atoms with E-state index in [9.17, 15) is 4.79 Å². The Morgan fingerprint density at radius 2 is 2.00 bits per heavy atom. The molecule has 0 bridgehead atoms. The summed E-state index contributed by atoms with van der Waals surface area (Å²) < 4.78 is 5.29. The third-order valence-electron chi connectivity index (χ3n) is 3.70.